The van der Waals surface area contributed by atoms with E-state index in [1.165, 1.54) is 0 Å². The zero-order valence-corrected chi connectivity index (χ0v) is 14.1. The summed E-state index contributed by atoms with van der Waals surface area (Å²) in [5, 5.41) is 3.62. The number of amides is 2. The van der Waals surface area contributed by atoms with Crippen molar-refractivity contribution < 1.29 is 9.59 Å². The first kappa shape index (κ1) is 17.2. The van der Waals surface area contributed by atoms with Gasteiger partial charge >= 0.3 is 0 Å². The van der Waals surface area contributed by atoms with Gasteiger partial charge in [-0.2, -0.15) is 0 Å². The molecule has 1 aliphatic heterocycles. The largest absolute Gasteiger partial charge is 0.356 e. The molecular weight excluding hydrogens is 320 g/mol. The monoisotopic (exact) mass is 340 g/mol. The van der Waals surface area contributed by atoms with Crippen molar-refractivity contribution in [1.82, 2.24) is 10.2 Å². The highest BCUT2D eigenvalue weighted by atomic mass is 35.5. The van der Waals surface area contributed by atoms with Gasteiger partial charge in [0.2, 0.25) is 11.8 Å². The van der Waals surface area contributed by atoms with E-state index in [1.54, 1.807) is 11.8 Å². The predicted molar refractivity (Wildman–Crippen MR) is 90.2 cm³/mol. The van der Waals surface area contributed by atoms with Gasteiger partial charge in [-0.3, -0.25) is 9.59 Å². The molecule has 0 spiro atoms. The average molecular weight is 341 g/mol. The normalized spacial score (nSPS) is 14.4. The molecule has 22 heavy (non-hydrogen) atoms. The first-order chi connectivity index (χ1) is 10.7. The van der Waals surface area contributed by atoms with E-state index >= 15 is 0 Å². The molecular formula is C16H21ClN2O2S. The minimum atomic E-state index is 0.0484. The molecule has 1 fully saturated rings. The minimum absolute atomic E-state index is 0.0484. The van der Waals surface area contributed by atoms with Crippen LogP contribution in [0.3, 0.4) is 0 Å². The Morgan fingerprint density at radius 3 is 2.91 bits per heavy atom. The lowest BCUT2D eigenvalue weighted by Gasteiger charge is -2.15. The van der Waals surface area contributed by atoms with Crippen molar-refractivity contribution in [1.29, 1.82) is 0 Å². The summed E-state index contributed by atoms with van der Waals surface area (Å²) in [6.07, 6.45) is 2.92. The summed E-state index contributed by atoms with van der Waals surface area (Å²) in [6.45, 7) is 2.23. The van der Waals surface area contributed by atoms with E-state index in [0.717, 1.165) is 35.8 Å². The highest BCUT2D eigenvalue weighted by Gasteiger charge is 2.18. The number of rotatable bonds is 8. The van der Waals surface area contributed by atoms with E-state index in [1.807, 2.05) is 29.2 Å². The van der Waals surface area contributed by atoms with Crippen LogP contribution >= 0.6 is 23.4 Å². The fraction of sp³-hybridized carbons (Fsp3) is 0.500. The van der Waals surface area contributed by atoms with Crippen LogP contribution in [0.5, 0.6) is 0 Å². The summed E-state index contributed by atoms with van der Waals surface area (Å²) in [5.41, 5.74) is 0. The van der Waals surface area contributed by atoms with Crippen LogP contribution < -0.4 is 5.32 Å². The van der Waals surface area contributed by atoms with E-state index in [0.29, 0.717) is 25.1 Å². The molecule has 1 N–H and O–H groups in total. The standard InChI is InChI=1S/C16H21ClN2O2S/c17-13-5-1-2-6-14(13)22-12-8-15(20)18-9-4-11-19-10-3-7-16(19)21/h1-2,5-6H,3-4,7-12H2,(H,18,20). The summed E-state index contributed by atoms with van der Waals surface area (Å²) in [5.74, 6) is 0.995. The Morgan fingerprint density at radius 2 is 2.18 bits per heavy atom. The SMILES string of the molecule is O=C(CCSc1ccccc1Cl)NCCCN1CCCC1=O. The number of carbonyl (C=O) groups excluding carboxylic acids is 2. The van der Waals surface area contributed by atoms with Crippen molar-refractivity contribution in [2.24, 2.45) is 0 Å². The molecule has 1 heterocycles. The van der Waals surface area contributed by atoms with E-state index in [4.69, 9.17) is 11.6 Å². The summed E-state index contributed by atoms with van der Waals surface area (Å²) in [7, 11) is 0. The van der Waals surface area contributed by atoms with Gasteiger partial charge in [0.1, 0.15) is 0 Å². The van der Waals surface area contributed by atoms with Gasteiger partial charge in [-0.05, 0) is 25.0 Å². The number of carbonyl (C=O) groups is 2. The maximum absolute atomic E-state index is 11.7. The van der Waals surface area contributed by atoms with Crippen LogP contribution in [0, 0.1) is 0 Å². The number of nitrogens with zero attached hydrogens (tertiary/aromatic N) is 1. The van der Waals surface area contributed by atoms with Crippen molar-refractivity contribution in [2.75, 3.05) is 25.4 Å². The first-order valence-electron chi connectivity index (χ1n) is 7.58. The second-order valence-corrected chi connectivity index (χ2v) is 6.76. The highest BCUT2D eigenvalue weighted by molar-refractivity contribution is 7.99. The van der Waals surface area contributed by atoms with Crippen LogP contribution in [0.2, 0.25) is 5.02 Å². The first-order valence-corrected chi connectivity index (χ1v) is 8.95. The van der Waals surface area contributed by atoms with Gasteiger partial charge in [-0.1, -0.05) is 23.7 Å². The third-order valence-corrected chi connectivity index (χ3v) is 5.04. The molecule has 0 radical (unpaired) electrons. The zero-order chi connectivity index (χ0) is 15.8. The maximum atomic E-state index is 11.7. The second-order valence-electron chi connectivity index (χ2n) is 5.22. The molecule has 0 saturated carbocycles. The molecule has 0 unspecified atom stereocenters. The Kier molecular flexibility index (Phi) is 7.06. The van der Waals surface area contributed by atoms with Gasteiger partial charge in [-0.25, -0.2) is 0 Å². The van der Waals surface area contributed by atoms with Crippen LogP contribution in [0.4, 0.5) is 0 Å². The Bertz CT molecular complexity index is 525. The van der Waals surface area contributed by atoms with Crippen LogP contribution in [-0.4, -0.2) is 42.1 Å². The molecule has 120 valence electrons. The quantitative estimate of drug-likeness (QED) is 0.584. The molecule has 1 saturated heterocycles. The van der Waals surface area contributed by atoms with Crippen molar-refractivity contribution in [3.63, 3.8) is 0 Å². The van der Waals surface area contributed by atoms with Crippen LogP contribution in [0.15, 0.2) is 29.2 Å². The van der Waals surface area contributed by atoms with E-state index in [9.17, 15) is 9.59 Å². The van der Waals surface area contributed by atoms with Crippen LogP contribution in [-0.2, 0) is 9.59 Å². The van der Waals surface area contributed by atoms with Gasteiger partial charge in [0.25, 0.3) is 0 Å². The van der Waals surface area contributed by atoms with Crippen molar-refractivity contribution in [3.8, 4) is 0 Å². The van der Waals surface area contributed by atoms with Crippen molar-refractivity contribution in [2.45, 2.75) is 30.6 Å². The highest BCUT2D eigenvalue weighted by Crippen LogP contribution is 2.26. The summed E-state index contributed by atoms with van der Waals surface area (Å²) < 4.78 is 0. The number of nitrogens with one attached hydrogen (secondary N) is 1. The molecule has 0 aromatic heterocycles. The summed E-state index contributed by atoms with van der Waals surface area (Å²) >= 11 is 7.65. The number of halogens is 1. The lowest BCUT2D eigenvalue weighted by molar-refractivity contribution is -0.127. The topological polar surface area (TPSA) is 49.4 Å². The van der Waals surface area contributed by atoms with Crippen molar-refractivity contribution in [3.05, 3.63) is 29.3 Å². The lowest BCUT2D eigenvalue weighted by Crippen LogP contribution is -2.30. The Labute approximate surface area is 140 Å². The third-order valence-electron chi connectivity index (χ3n) is 3.52. The van der Waals surface area contributed by atoms with Gasteiger partial charge < -0.3 is 10.2 Å². The van der Waals surface area contributed by atoms with E-state index < -0.39 is 0 Å². The van der Waals surface area contributed by atoms with Gasteiger partial charge in [0, 0.05) is 43.1 Å². The number of likely N-dealkylation sites (tertiary alicyclic amines) is 1. The smallest absolute Gasteiger partial charge is 0.222 e. The predicted octanol–water partition coefficient (Wildman–Crippen LogP) is 2.95. The molecule has 1 aromatic carbocycles. The second kappa shape index (κ2) is 9.06. The maximum Gasteiger partial charge on any atom is 0.222 e. The molecule has 0 aliphatic carbocycles. The number of benzene rings is 1. The molecule has 1 aliphatic rings. The van der Waals surface area contributed by atoms with Gasteiger partial charge in [0.15, 0.2) is 0 Å². The fourth-order valence-corrected chi connectivity index (χ4v) is 3.53. The van der Waals surface area contributed by atoms with E-state index in [-0.39, 0.29) is 11.8 Å². The van der Waals surface area contributed by atoms with Gasteiger partial charge in [0.05, 0.1) is 5.02 Å². The molecule has 0 bridgehead atoms. The van der Waals surface area contributed by atoms with Crippen LogP contribution in [0.1, 0.15) is 25.7 Å². The number of thioether (sulfide) groups is 1. The molecule has 4 nitrogen and oxygen atoms in total. The fourth-order valence-electron chi connectivity index (χ4n) is 2.34. The molecule has 1 aromatic rings. The summed E-state index contributed by atoms with van der Waals surface area (Å²) in [4.78, 5) is 26.1. The third kappa shape index (κ3) is 5.54. The Balaban J connectivity index is 1.54. The minimum Gasteiger partial charge on any atom is -0.356 e. The lowest BCUT2D eigenvalue weighted by atomic mass is 10.3. The number of hydrogen-bond donors (Lipinski definition) is 1. The van der Waals surface area contributed by atoms with Crippen LogP contribution in [0.25, 0.3) is 0 Å². The Hall–Kier alpha value is -1.20. The van der Waals surface area contributed by atoms with E-state index in [2.05, 4.69) is 5.32 Å². The van der Waals surface area contributed by atoms with Gasteiger partial charge in [-0.15, -0.1) is 11.8 Å². The molecule has 2 amide bonds. The number of hydrogen-bond acceptors (Lipinski definition) is 3. The molecule has 6 heteroatoms. The average Bonchev–Trinajstić information content (AvgIpc) is 2.91. The summed E-state index contributed by atoms with van der Waals surface area (Å²) in [6, 6.07) is 7.64. The molecule has 0 atom stereocenters. The van der Waals surface area contributed by atoms with Crippen molar-refractivity contribution >= 4 is 35.2 Å². The zero-order valence-electron chi connectivity index (χ0n) is 12.5. The Morgan fingerprint density at radius 1 is 1.36 bits per heavy atom. The molecule has 2 rings (SSSR count).